The van der Waals surface area contributed by atoms with Gasteiger partial charge in [0.25, 0.3) is 5.56 Å². The highest BCUT2D eigenvalue weighted by Gasteiger charge is 2.32. The van der Waals surface area contributed by atoms with Gasteiger partial charge >= 0.3 is 0 Å². The second kappa shape index (κ2) is 9.96. The van der Waals surface area contributed by atoms with Gasteiger partial charge in [0.2, 0.25) is 0 Å². The molecule has 0 amide bonds. The SMILES string of the molecule is CCC(c1nnnn1C(C)(C)CC)N(Cc1cc2c(C)cc(C)cc2[nH]c1=O)CC1CCCO1. The summed E-state index contributed by atoms with van der Waals surface area (Å²) in [5, 5.41) is 14.0. The van der Waals surface area contributed by atoms with Gasteiger partial charge in [0, 0.05) is 36.2 Å². The Labute approximate surface area is 201 Å². The Morgan fingerprint density at radius 1 is 1.26 bits per heavy atom. The molecule has 0 spiro atoms. The number of ether oxygens (including phenoxy) is 1. The average molecular weight is 467 g/mol. The van der Waals surface area contributed by atoms with Gasteiger partial charge in [0.05, 0.1) is 17.7 Å². The van der Waals surface area contributed by atoms with Gasteiger partial charge in [0.1, 0.15) is 0 Å². The monoisotopic (exact) mass is 466 g/mol. The molecule has 3 heterocycles. The van der Waals surface area contributed by atoms with E-state index < -0.39 is 0 Å². The van der Waals surface area contributed by atoms with Crippen LogP contribution in [0.4, 0.5) is 0 Å². The summed E-state index contributed by atoms with van der Waals surface area (Å²) in [6.45, 7) is 14.8. The van der Waals surface area contributed by atoms with E-state index in [1.54, 1.807) is 0 Å². The molecular weight excluding hydrogens is 428 g/mol. The van der Waals surface area contributed by atoms with Crippen LogP contribution in [0.3, 0.4) is 0 Å². The van der Waals surface area contributed by atoms with E-state index in [1.807, 2.05) is 10.7 Å². The molecule has 1 N–H and O–H groups in total. The molecule has 1 aromatic carbocycles. The zero-order valence-electron chi connectivity index (χ0n) is 21.4. The van der Waals surface area contributed by atoms with Crippen LogP contribution < -0.4 is 5.56 Å². The van der Waals surface area contributed by atoms with Crippen LogP contribution in [0.2, 0.25) is 0 Å². The molecule has 3 aromatic rings. The van der Waals surface area contributed by atoms with Gasteiger partial charge in [-0.1, -0.05) is 19.9 Å². The average Bonchev–Trinajstić information content (AvgIpc) is 3.48. The first-order chi connectivity index (χ1) is 16.2. The first-order valence-corrected chi connectivity index (χ1v) is 12.5. The topological polar surface area (TPSA) is 88.9 Å². The highest BCUT2D eigenvalue weighted by molar-refractivity contribution is 5.83. The molecule has 2 atom stereocenters. The van der Waals surface area contributed by atoms with Crippen LogP contribution in [0, 0.1) is 13.8 Å². The molecule has 2 aromatic heterocycles. The van der Waals surface area contributed by atoms with Gasteiger partial charge in [-0.2, -0.15) is 0 Å². The molecule has 34 heavy (non-hydrogen) atoms. The number of rotatable bonds is 9. The van der Waals surface area contributed by atoms with Crippen LogP contribution >= 0.6 is 0 Å². The number of pyridine rings is 1. The lowest BCUT2D eigenvalue weighted by Crippen LogP contribution is -2.39. The Morgan fingerprint density at radius 2 is 2.06 bits per heavy atom. The van der Waals surface area contributed by atoms with Gasteiger partial charge < -0.3 is 9.72 Å². The lowest BCUT2D eigenvalue weighted by molar-refractivity contribution is 0.0475. The highest BCUT2D eigenvalue weighted by Crippen LogP contribution is 2.30. The number of fused-ring (bicyclic) bond motifs is 1. The zero-order valence-corrected chi connectivity index (χ0v) is 21.4. The smallest absolute Gasteiger partial charge is 0.252 e. The number of nitrogens with zero attached hydrogens (tertiary/aromatic N) is 5. The molecule has 8 heteroatoms. The van der Waals surface area contributed by atoms with Crippen molar-refractivity contribution in [1.82, 2.24) is 30.1 Å². The molecule has 8 nitrogen and oxygen atoms in total. The van der Waals surface area contributed by atoms with Gasteiger partial charge in [-0.3, -0.25) is 9.69 Å². The largest absolute Gasteiger partial charge is 0.377 e. The summed E-state index contributed by atoms with van der Waals surface area (Å²) in [7, 11) is 0. The molecule has 0 radical (unpaired) electrons. The fourth-order valence-electron chi connectivity index (χ4n) is 4.99. The minimum atomic E-state index is -0.197. The molecule has 2 unspecified atom stereocenters. The summed E-state index contributed by atoms with van der Waals surface area (Å²) in [4.78, 5) is 18.6. The van der Waals surface area contributed by atoms with E-state index in [9.17, 15) is 4.79 Å². The Balaban J connectivity index is 1.74. The molecule has 0 bridgehead atoms. The normalized spacial score (nSPS) is 17.7. The van der Waals surface area contributed by atoms with E-state index in [0.717, 1.165) is 66.7 Å². The minimum Gasteiger partial charge on any atom is -0.377 e. The van der Waals surface area contributed by atoms with Gasteiger partial charge in [-0.15, -0.1) is 5.10 Å². The van der Waals surface area contributed by atoms with E-state index in [2.05, 4.69) is 79.1 Å². The third-order valence-electron chi connectivity index (χ3n) is 7.28. The number of tetrazole rings is 1. The molecule has 184 valence electrons. The number of aromatic nitrogens is 5. The number of hydrogen-bond donors (Lipinski definition) is 1. The molecule has 4 rings (SSSR count). The predicted molar refractivity (Wildman–Crippen MR) is 134 cm³/mol. The Morgan fingerprint density at radius 3 is 2.74 bits per heavy atom. The maximum absolute atomic E-state index is 13.1. The van der Waals surface area contributed by atoms with Crippen molar-refractivity contribution in [2.75, 3.05) is 13.2 Å². The predicted octanol–water partition coefficient (Wildman–Crippen LogP) is 4.41. The van der Waals surface area contributed by atoms with E-state index in [-0.39, 0.29) is 23.2 Å². The van der Waals surface area contributed by atoms with Crippen LogP contribution in [0.5, 0.6) is 0 Å². The molecule has 1 aliphatic rings. The van der Waals surface area contributed by atoms with Crippen LogP contribution in [0.25, 0.3) is 10.9 Å². The Bertz CT molecular complexity index is 1190. The quantitative estimate of drug-likeness (QED) is 0.503. The third kappa shape index (κ3) is 4.93. The van der Waals surface area contributed by atoms with Crippen LogP contribution in [0.1, 0.15) is 81.9 Å². The van der Waals surface area contributed by atoms with Crippen molar-refractivity contribution in [2.45, 2.75) is 91.5 Å². The maximum atomic E-state index is 13.1. The number of H-pyrrole nitrogens is 1. The molecule has 1 saturated heterocycles. The molecular formula is C26H38N6O2. The fourth-order valence-corrected chi connectivity index (χ4v) is 4.99. The summed E-state index contributed by atoms with van der Waals surface area (Å²) in [6.07, 6.45) is 4.00. The molecule has 0 saturated carbocycles. The van der Waals surface area contributed by atoms with Crippen molar-refractivity contribution in [2.24, 2.45) is 0 Å². The third-order valence-corrected chi connectivity index (χ3v) is 7.28. The summed E-state index contributed by atoms with van der Waals surface area (Å²) >= 11 is 0. The highest BCUT2D eigenvalue weighted by atomic mass is 16.5. The van der Waals surface area contributed by atoms with Crippen molar-refractivity contribution in [3.63, 3.8) is 0 Å². The first kappa shape index (κ1) is 24.5. The number of aryl methyl sites for hydroxylation is 2. The molecule has 1 aliphatic heterocycles. The number of benzene rings is 1. The maximum Gasteiger partial charge on any atom is 0.252 e. The lowest BCUT2D eigenvalue weighted by Gasteiger charge is -2.34. The summed E-state index contributed by atoms with van der Waals surface area (Å²) < 4.78 is 7.96. The van der Waals surface area contributed by atoms with E-state index in [4.69, 9.17) is 4.74 Å². The van der Waals surface area contributed by atoms with Crippen molar-refractivity contribution in [1.29, 1.82) is 0 Å². The first-order valence-electron chi connectivity index (χ1n) is 12.5. The van der Waals surface area contributed by atoms with Crippen molar-refractivity contribution in [3.05, 3.63) is 51.1 Å². The number of hydrogen-bond acceptors (Lipinski definition) is 6. The zero-order chi connectivity index (χ0) is 24.5. The standard InChI is InChI=1S/C26H38N6O2/c1-7-23(24-28-29-30-32(24)26(5,6)8-2)31(16-20-10-9-11-34-20)15-19-14-21-18(4)12-17(3)13-22(21)27-25(19)33/h12-14,20,23H,7-11,15-16H2,1-6H3,(H,27,33). The fraction of sp³-hybridized carbons (Fsp3) is 0.615. The van der Waals surface area contributed by atoms with Crippen molar-refractivity contribution in [3.8, 4) is 0 Å². The van der Waals surface area contributed by atoms with Crippen LogP contribution in [-0.2, 0) is 16.8 Å². The summed E-state index contributed by atoms with van der Waals surface area (Å²) in [5.74, 6) is 0.844. The van der Waals surface area contributed by atoms with Crippen molar-refractivity contribution < 1.29 is 4.74 Å². The van der Waals surface area contributed by atoms with Crippen LogP contribution in [-0.4, -0.2) is 49.3 Å². The number of nitrogens with one attached hydrogen (secondary N) is 1. The minimum absolute atomic E-state index is 0.0285. The summed E-state index contributed by atoms with van der Waals surface area (Å²) in [5.41, 5.74) is 3.71. The lowest BCUT2D eigenvalue weighted by atomic mass is 10.0. The van der Waals surface area contributed by atoms with Crippen LogP contribution in [0.15, 0.2) is 23.0 Å². The van der Waals surface area contributed by atoms with Gasteiger partial charge in [0.15, 0.2) is 5.82 Å². The second-order valence-electron chi connectivity index (χ2n) is 10.3. The van der Waals surface area contributed by atoms with E-state index in [0.29, 0.717) is 6.54 Å². The van der Waals surface area contributed by atoms with Crippen molar-refractivity contribution >= 4 is 10.9 Å². The Kier molecular flexibility index (Phi) is 7.19. The second-order valence-corrected chi connectivity index (χ2v) is 10.3. The number of aromatic amines is 1. The van der Waals surface area contributed by atoms with Gasteiger partial charge in [-0.25, -0.2) is 4.68 Å². The van der Waals surface area contributed by atoms with Gasteiger partial charge in [-0.05, 0) is 87.1 Å². The molecule has 1 fully saturated rings. The Hall–Kier alpha value is -2.58. The summed E-state index contributed by atoms with van der Waals surface area (Å²) in [6, 6.07) is 6.22. The molecule has 0 aliphatic carbocycles. The van der Waals surface area contributed by atoms with E-state index in [1.165, 1.54) is 5.56 Å². The van der Waals surface area contributed by atoms with E-state index >= 15 is 0 Å².